The first-order chi connectivity index (χ1) is 27.2. The molecule has 0 bridgehead atoms. The predicted octanol–water partition coefficient (Wildman–Crippen LogP) is 13.8. The molecule has 0 amide bonds. The molecule has 1 saturated carbocycles. The number of rotatable bonds is 5. The maximum absolute atomic E-state index is 5.13. The van der Waals surface area contributed by atoms with Crippen molar-refractivity contribution in [3.8, 4) is 67.5 Å². The zero-order chi connectivity index (χ0) is 36.3. The lowest BCUT2D eigenvalue weighted by Gasteiger charge is -2.37. The third kappa shape index (κ3) is 5.35. The smallest absolute Gasteiger partial charge is 0.164 e. The number of hydrogen-bond acceptors (Lipinski definition) is 4. The summed E-state index contributed by atoms with van der Waals surface area (Å²) >= 11 is 1.85. The number of hydrogen-bond donors (Lipinski definition) is 0. The molecule has 0 unspecified atom stereocenters. The second kappa shape index (κ2) is 13.0. The largest absolute Gasteiger partial charge is 0.208 e. The van der Waals surface area contributed by atoms with Crippen LogP contribution in [0.3, 0.4) is 0 Å². The number of nitrogens with zero attached hydrogens (tertiary/aromatic N) is 3. The Bertz CT molecular complexity index is 2890. The Morgan fingerprint density at radius 3 is 1.58 bits per heavy atom. The third-order valence-electron chi connectivity index (χ3n) is 11.9. The maximum atomic E-state index is 5.13. The van der Waals surface area contributed by atoms with Crippen molar-refractivity contribution in [1.29, 1.82) is 0 Å². The van der Waals surface area contributed by atoms with Gasteiger partial charge in [-0.15, -0.1) is 11.3 Å². The van der Waals surface area contributed by atoms with E-state index in [1.807, 2.05) is 35.6 Å². The Hall–Kier alpha value is -6.23. The van der Waals surface area contributed by atoms with Gasteiger partial charge < -0.3 is 0 Å². The van der Waals surface area contributed by atoms with Crippen LogP contribution in [-0.4, -0.2) is 15.0 Å². The van der Waals surface area contributed by atoms with Crippen LogP contribution in [0, 0.1) is 0 Å². The van der Waals surface area contributed by atoms with Gasteiger partial charge in [0.1, 0.15) is 0 Å². The molecule has 55 heavy (non-hydrogen) atoms. The molecule has 11 rings (SSSR count). The average Bonchev–Trinajstić information content (AvgIpc) is 3.76. The molecule has 0 radical (unpaired) electrons. The van der Waals surface area contributed by atoms with Crippen LogP contribution in [0.25, 0.3) is 87.7 Å². The summed E-state index contributed by atoms with van der Waals surface area (Å²) in [7, 11) is 0. The van der Waals surface area contributed by atoms with Gasteiger partial charge >= 0.3 is 0 Å². The van der Waals surface area contributed by atoms with Crippen molar-refractivity contribution in [3.05, 3.63) is 175 Å². The summed E-state index contributed by atoms with van der Waals surface area (Å²) in [5.41, 5.74) is 13.9. The van der Waals surface area contributed by atoms with Gasteiger partial charge in [-0.1, -0.05) is 153 Å². The van der Waals surface area contributed by atoms with Gasteiger partial charge in [0.05, 0.1) is 0 Å². The molecule has 0 atom stereocenters. The second-order valence-corrected chi connectivity index (χ2v) is 16.1. The zero-order valence-electron chi connectivity index (χ0n) is 30.4. The minimum absolute atomic E-state index is 0.0916. The van der Waals surface area contributed by atoms with Crippen LogP contribution < -0.4 is 0 Å². The summed E-state index contributed by atoms with van der Waals surface area (Å²) in [5.74, 6) is 2.00. The van der Waals surface area contributed by atoms with E-state index in [2.05, 4.69) is 140 Å². The highest BCUT2D eigenvalue weighted by molar-refractivity contribution is 7.25. The van der Waals surface area contributed by atoms with Crippen molar-refractivity contribution in [3.63, 3.8) is 0 Å². The fraction of sp³-hybridized carbons (Fsp3) is 0.118. The highest BCUT2D eigenvalue weighted by Gasteiger charge is 2.45. The summed E-state index contributed by atoms with van der Waals surface area (Å²) in [6, 6.07) is 59.2. The van der Waals surface area contributed by atoms with E-state index in [-0.39, 0.29) is 5.41 Å². The summed E-state index contributed by atoms with van der Waals surface area (Å²) in [4.78, 5) is 15.2. The number of aromatic nitrogens is 3. The molecular formula is C51H37N3S. The average molecular weight is 724 g/mol. The van der Waals surface area contributed by atoms with E-state index in [1.165, 1.54) is 85.7 Å². The van der Waals surface area contributed by atoms with Crippen molar-refractivity contribution in [2.45, 2.75) is 37.5 Å². The van der Waals surface area contributed by atoms with Gasteiger partial charge in [-0.2, -0.15) is 0 Å². The van der Waals surface area contributed by atoms with Gasteiger partial charge in [-0.25, -0.2) is 15.0 Å². The molecule has 9 aromatic rings. The van der Waals surface area contributed by atoms with Gasteiger partial charge in [-0.3, -0.25) is 0 Å². The molecule has 2 heterocycles. The van der Waals surface area contributed by atoms with Crippen LogP contribution in [0.2, 0.25) is 0 Å². The lowest BCUT2D eigenvalue weighted by molar-refractivity contribution is 0.353. The molecule has 2 aliphatic rings. The Labute approximate surface area is 325 Å². The molecule has 7 aromatic carbocycles. The van der Waals surface area contributed by atoms with Gasteiger partial charge in [-0.05, 0) is 87.7 Å². The highest BCUT2D eigenvalue weighted by Crippen LogP contribution is 2.58. The Morgan fingerprint density at radius 2 is 0.873 bits per heavy atom. The molecule has 0 aliphatic heterocycles. The highest BCUT2D eigenvalue weighted by atomic mass is 32.1. The number of benzene rings is 7. The molecule has 0 saturated heterocycles. The fourth-order valence-corrected chi connectivity index (χ4v) is 10.4. The molecule has 262 valence electrons. The van der Waals surface area contributed by atoms with Crippen LogP contribution in [-0.2, 0) is 5.41 Å². The lowest BCUT2D eigenvalue weighted by atomic mass is 9.66. The van der Waals surface area contributed by atoms with Crippen LogP contribution in [0.4, 0.5) is 0 Å². The Balaban J connectivity index is 1.04. The van der Waals surface area contributed by atoms with Crippen LogP contribution in [0.1, 0.15) is 43.2 Å². The molecule has 3 nitrogen and oxygen atoms in total. The molecule has 4 heteroatoms. The maximum Gasteiger partial charge on any atom is 0.164 e. The first-order valence-corrected chi connectivity index (χ1v) is 20.2. The Kier molecular flexibility index (Phi) is 7.60. The van der Waals surface area contributed by atoms with E-state index >= 15 is 0 Å². The van der Waals surface area contributed by atoms with E-state index in [0.29, 0.717) is 17.5 Å². The van der Waals surface area contributed by atoms with Gasteiger partial charge in [0, 0.05) is 42.3 Å². The number of thiophene rings is 1. The van der Waals surface area contributed by atoms with Gasteiger partial charge in [0.15, 0.2) is 17.5 Å². The topological polar surface area (TPSA) is 38.7 Å². The first-order valence-electron chi connectivity index (χ1n) is 19.4. The van der Waals surface area contributed by atoms with E-state index in [1.54, 1.807) is 5.56 Å². The zero-order valence-corrected chi connectivity index (χ0v) is 31.2. The quantitative estimate of drug-likeness (QED) is 0.177. The summed E-state index contributed by atoms with van der Waals surface area (Å²) in [6.07, 6.45) is 6.33. The minimum atomic E-state index is 0.0916. The van der Waals surface area contributed by atoms with Crippen molar-refractivity contribution < 1.29 is 0 Å². The summed E-state index contributed by atoms with van der Waals surface area (Å²) < 4.78 is 2.55. The van der Waals surface area contributed by atoms with Crippen LogP contribution >= 0.6 is 11.3 Å². The predicted molar refractivity (Wildman–Crippen MR) is 229 cm³/mol. The van der Waals surface area contributed by atoms with E-state index in [9.17, 15) is 0 Å². The molecule has 1 fully saturated rings. The van der Waals surface area contributed by atoms with Gasteiger partial charge in [0.25, 0.3) is 0 Å². The normalized spacial score (nSPS) is 14.3. The van der Waals surface area contributed by atoms with E-state index < -0.39 is 0 Å². The first kappa shape index (κ1) is 32.2. The lowest BCUT2D eigenvalue weighted by Crippen LogP contribution is -2.28. The third-order valence-corrected chi connectivity index (χ3v) is 13.1. The van der Waals surface area contributed by atoms with Gasteiger partial charge in [0.2, 0.25) is 0 Å². The second-order valence-electron chi connectivity index (χ2n) is 15.1. The summed E-state index contributed by atoms with van der Waals surface area (Å²) in [5, 5.41) is 2.51. The molecule has 2 aliphatic carbocycles. The summed E-state index contributed by atoms with van der Waals surface area (Å²) in [6.45, 7) is 0. The standard InChI is InChI=1S/C51H37N3S/c1-4-13-33(14-5-1)34-21-23-36(24-22-34)49-52-48(35-15-6-2-7-16-35)53-50(54-49)38-26-28-46-43(32-38)42-31-37(25-27-45(42)55-46)39-18-12-19-41-40-17-8-9-20-44(40)51(47(39)41)29-10-3-11-30-51/h1-2,4-9,12-28,31-32H,3,10-11,29-30H2. The number of fused-ring (bicyclic) bond motifs is 8. The molecule has 1 spiro atoms. The molecule has 0 N–H and O–H groups in total. The van der Waals surface area contributed by atoms with Crippen molar-refractivity contribution in [2.75, 3.05) is 0 Å². The molecule has 2 aromatic heterocycles. The van der Waals surface area contributed by atoms with E-state index in [0.717, 1.165) is 22.3 Å². The molecular weight excluding hydrogens is 687 g/mol. The van der Waals surface area contributed by atoms with Crippen molar-refractivity contribution in [1.82, 2.24) is 15.0 Å². The Morgan fingerprint density at radius 1 is 0.382 bits per heavy atom. The van der Waals surface area contributed by atoms with Crippen LogP contribution in [0.15, 0.2) is 164 Å². The minimum Gasteiger partial charge on any atom is -0.208 e. The fourth-order valence-electron chi connectivity index (χ4n) is 9.35. The SMILES string of the molecule is c1ccc(-c2ccc(-c3nc(-c4ccccc4)nc(-c4ccc5sc6ccc(-c7cccc8c7C7(CCCCC7)c7ccccc7-8)cc6c5c4)n3)cc2)cc1. The van der Waals surface area contributed by atoms with Crippen molar-refractivity contribution >= 4 is 31.5 Å². The monoisotopic (exact) mass is 723 g/mol. The van der Waals surface area contributed by atoms with Crippen molar-refractivity contribution in [2.24, 2.45) is 0 Å². The van der Waals surface area contributed by atoms with Crippen LogP contribution in [0.5, 0.6) is 0 Å². The van der Waals surface area contributed by atoms with E-state index in [4.69, 9.17) is 15.0 Å².